The third kappa shape index (κ3) is 2.60. The first-order chi connectivity index (χ1) is 7.83. The van der Waals surface area contributed by atoms with Gasteiger partial charge in [0.2, 0.25) is 0 Å². The molecule has 0 unspecified atom stereocenters. The molecule has 0 aromatic carbocycles. The van der Waals surface area contributed by atoms with E-state index < -0.39 is 0 Å². The van der Waals surface area contributed by atoms with E-state index in [1.807, 2.05) is 20.8 Å². The fourth-order valence-electron chi connectivity index (χ4n) is 1.44. The van der Waals surface area contributed by atoms with Gasteiger partial charge in [-0.1, -0.05) is 6.92 Å². The minimum atomic E-state index is -0.195. The Balaban J connectivity index is 3.00. The summed E-state index contributed by atoms with van der Waals surface area (Å²) in [5.41, 5.74) is 6.40. The molecule has 17 heavy (non-hydrogen) atoms. The van der Waals surface area contributed by atoms with Gasteiger partial charge in [-0.3, -0.25) is 9.48 Å². The standard InChI is InChI=1S/C12H22N4O/c1-6-12(3,4)15(5)11(17)10-9(13)8-16(7-2)14-10/h8H,6-7,13H2,1-5H3. The molecule has 96 valence electrons. The Hall–Kier alpha value is -1.52. The van der Waals surface area contributed by atoms with Crippen molar-refractivity contribution in [1.82, 2.24) is 14.7 Å². The molecule has 0 aliphatic rings. The Labute approximate surface area is 103 Å². The highest BCUT2D eigenvalue weighted by Gasteiger charge is 2.29. The molecular formula is C12H22N4O. The summed E-state index contributed by atoms with van der Waals surface area (Å²) in [6.45, 7) is 8.77. The number of anilines is 1. The first kappa shape index (κ1) is 13.5. The number of nitrogens with two attached hydrogens (primary N) is 1. The molecule has 0 atom stereocenters. The summed E-state index contributed by atoms with van der Waals surface area (Å²) in [6, 6.07) is 0. The number of carbonyl (C=O) groups excluding carboxylic acids is 1. The van der Waals surface area contributed by atoms with Crippen LogP contribution in [0.4, 0.5) is 5.69 Å². The summed E-state index contributed by atoms with van der Waals surface area (Å²) in [6.07, 6.45) is 2.57. The minimum Gasteiger partial charge on any atom is -0.396 e. The first-order valence-corrected chi connectivity index (χ1v) is 5.94. The average Bonchev–Trinajstić information content (AvgIpc) is 2.68. The van der Waals surface area contributed by atoms with Gasteiger partial charge in [0.15, 0.2) is 5.69 Å². The molecule has 1 amide bonds. The van der Waals surface area contributed by atoms with Crippen molar-refractivity contribution < 1.29 is 4.79 Å². The number of amides is 1. The SMILES string of the molecule is CCn1cc(N)c(C(=O)N(C)C(C)(C)CC)n1. The molecule has 0 saturated heterocycles. The van der Waals surface area contributed by atoms with E-state index in [2.05, 4.69) is 12.0 Å². The van der Waals surface area contributed by atoms with Gasteiger partial charge in [0.25, 0.3) is 5.91 Å². The average molecular weight is 238 g/mol. The summed E-state index contributed by atoms with van der Waals surface area (Å²) in [4.78, 5) is 14.0. The molecule has 0 bridgehead atoms. The van der Waals surface area contributed by atoms with E-state index in [4.69, 9.17) is 5.73 Å². The van der Waals surface area contributed by atoms with Crippen LogP contribution in [-0.2, 0) is 6.54 Å². The van der Waals surface area contributed by atoms with E-state index in [0.29, 0.717) is 17.9 Å². The van der Waals surface area contributed by atoms with Gasteiger partial charge < -0.3 is 10.6 Å². The third-order valence-corrected chi connectivity index (χ3v) is 3.39. The molecule has 0 aliphatic carbocycles. The fourth-order valence-corrected chi connectivity index (χ4v) is 1.44. The number of nitrogen functional groups attached to an aromatic ring is 1. The zero-order valence-corrected chi connectivity index (χ0v) is 11.3. The van der Waals surface area contributed by atoms with Crippen molar-refractivity contribution >= 4 is 11.6 Å². The lowest BCUT2D eigenvalue weighted by Gasteiger charge is -2.34. The Bertz CT molecular complexity index is 409. The zero-order chi connectivity index (χ0) is 13.2. The minimum absolute atomic E-state index is 0.124. The van der Waals surface area contributed by atoms with Crippen molar-refractivity contribution in [2.24, 2.45) is 0 Å². The van der Waals surface area contributed by atoms with Crippen LogP contribution in [0, 0.1) is 0 Å². The number of aromatic nitrogens is 2. The van der Waals surface area contributed by atoms with Gasteiger partial charge in [-0.2, -0.15) is 5.10 Å². The molecule has 1 aromatic heterocycles. The second-order valence-corrected chi connectivity index (χ2v) is 4.82. The molecule has 0 fully saturated rings. The maximum Gasteiger partial charge on any atom is 0.276 e. The van der Waals surface area contributed by atoms with Crippen LogP contribution in [0.5, 0.6) is 0 Å². The number of aryl methyl sites for hydroxylation is 1. The lowest BCUT2D eigenvalue weighted by atomic mass is 9.99. The zero-order valence-electron chi connectivity index (χ0n) is 11.3. The van der Waals surface area contributed by atoms with E-state index in [0.717, 1.165) is 6.42 Å². The van der Waals surface area contributed by atoms with Crippen LogP contribution in [0.15, 0.2) is 6.20 Å². The van der Waals surface area contributed by atoms with Crippen molar-refractivity contribution in [3.8, 4) is 0 Å². The van der Waals surface area contributed by atoms with Gasteiger partial charge in [0.05, 0.1) is 5.69 Å². The predicted molar refractivity (Wildman–Crippen MR) is 68.8 cm³/mol. The number of rotatable bonds is 4. The number of hydrogen-bond donors (Lipinski definition) is 1. The van der Waals surface area contributed by atoms with Crippen LogP contribution in [0.2, 0.25) is 0 Å². The second kappa shape index (κ2) is 4.77. The first-order valence-electron chi connectivity index (χ1n) is 5.94. The normalized spacial score (nSPS) is 11.6. The number of carbonyl (C=O) groups is 1. The molecule has 5 nitrogen and oxygen atoms in total. The molecule has 0 saturated carbocycles. The molecule has 0 spiro atoms. The summed E-state index contributed by atoms with van der Waals surface area (Å²) in [5.74, 6) is -0.124. The van der Waals surface area contributed by atoms with Gasteiger partial charge in [-0.25, -0.2) is 0 Å². The summed E-state index contributed by atoms with van der Waals surface area (Å²) >= 11 is 0. The van der Waals surface area contributed by atoms with Crippen LogP contribution in [0.25, 0.3) is 0 Å². The monoisotopic (exact) mass is 238 g/mol. The van der Waals surface area contributed by atoms with E-state index in [1.165, 1.54) is 0 Å². The highest BCUT2D eigenvalue weighted by atomic mass is 16.2. The van der Waals surface area contributed by atoms with Crippen LogP contribution in [0.3, 0.4) is 0 Å². The summed E-state index contributed by atoms with van der Waals surface area (Å²) in [7, 11) is 1.79. The van der Waals surface area contributed by atoms with Crippen LogP contribution in [-0.4, -0.2) is 33.2 Å². The van der Waals surface area contributed by atoms with E-state index in [-0.39, 0.29) is 11.4 Å². The molecule has 1 heterocycles. The van der Waals surface area contributed by atoms with Crippen molar-refractivity contribution in [2.45, 2.75) is 46.2 Å². The fraction of sp³-hybridized carbons (Fsp3) is 0.667. The Morgan fingerprint density at radius 3 is 2.53 bits per heavy atom. The van der Waals surface area contributed by atoms with E-state index >= 15 is 0 Å². The lowest BCUT2D eigenvalue weighted by molar-refractivity contribution is 0.0614. The van der Waals surface area contributed by atoms with E-state index in [9.17, 15) is 4.79 Å². The maximum atomic E-state index is 12.3. The maximum absolute atomic E-state index is 12.3. The van der Waals surface area contributed by atoms with Crippen LogP contribution < -0.4 is 5.73 Å². The van der Waals surface area contributed by atoms with Gasteiger partial charge in [-0.15, -0.1) is 0 Å². The van der Waals surface area contributed by atoms with Gasteiger partial charge in [0.1, 0.15) is 0 Å². The van der Waals surface area contributed by atoms with Crippen molar-refractivity contribution in [3.63, 3.8) is 0 Å². The van der Waals surface area contributed by atoms with Crippen LogP contribution >= 0.6 is 0 Å². The Morgan fingerprint density at radius 2 is 2.12 bits per heavy atom. The topological polar surface area (TPSA) is 64.2 Å². The largest absolute Gasteiger partial charge is 0.396 e. The molecule has 2 N–H and O–H groups in total. The van der Waals surface area contributed by atoms with E-state index in [1.54, 1.807) is 22.8 Å². The third-order valence-electron chi connectivity index (χ3n) is 3.39. The Kier molecular flexibility index (Phi) is 3.80. The number of hydrogen-bond acceptors (Lipinski definition) is 3. The quantitative estimate of drug-likeness (QED) is 0.869. The van der Waals surface area contributed by atoms with Crippen molar-refractivity contribution in [2.75, 3.05) is 12.8 Å². The summed E-state index contributed by atoms with van der Waals surface area (Å²) < 4.78 is 1.68. The molecule has 1 rings (SSSR count). The summed E-state index contributed by atoms with van der Waals surface area (Å²) in [5, 5.41) is 4.20. The van der Waals surface area contributed by atoms with Gasteiger partial charge in [0, 0.05) is 25.3 Å². The Morgan fingerprint density at radius 1 is 1.53 bits per heavy atom. The molecule has 0 aliphatic heterocycles. The number of nitrogens with zero attached hydrogens (tertiary/aromatic N) is 3. The van der Waals surface area contributed by atoms with Crippen molar-refractivity contribution in [1.29, 1.82) is 0 Å². The van der Waals surface area contributed by atoms with Gasteiger partial charge in [-0.05, 0) is 27.2 Å². The second-order valence-electron chi connectivity index (χ2n) is 4.82. The highest BCUT2D eigenvalue weighted by molar-refractivity contribution is 5.97. The van der Waals surface area contributed by atoms with Crippen LogP contribution in [0.1, 0.15) is 44.6 Å². The molecule has 0 radical (unpaired) electrons. The van der Waals surface area contributed by atoms with Gasteiger partial charge >= 0.3 is 0 Å². The molecule has 5 heteroatoms. The molecular weight excluding hydrogens is 216 g/mol. The smallest absolute Gasteiger partial charge is 0.276 e. The lowest BCUT2D eigenvalue weighted by Crippen LogP contribution is -2.44. The van der Waals surface area contributed by atoms with Crippen molar-refractivity contribution in [3.05, 3.63) is 11.9 Å². The highest BCUT2D eigenvalue weighted by Crippen LogP contribution is 2.20. The predicted octanol–water partition coefficient (Wildman–Crippen LogP) is 1.75. The molecule has 1 aromatic rings.